The third-order valence-electron chi connectivity index (χ3n) is 5.08. The normalized spacial score (nSPS) is 13.5. The van der Waals surface area contributed by atoms with E-state index in [1.165, 1.54) is 0 Å². The molecule has 33 heavy (non-hydrogen) atoms. The van der Waals surface area contributed by atoms with Crippen LogP contribution in [0.4, 0.5) is 0 Å². The zero-order valence-corrected chi connectivity index (χ0v) is 21.0. The largest absolute Gasteiger partial charge is 0.489 e. The van der Waals surface area contributed by atoms with Crippen molar-refractivity contribution in [1.82, 2.24) is 0 Å². The molecule has 5 nitrogen and oxygen atoms in total. The maximum atomic E-state index is 11.2. The quantitative estimate of drug-likeness (QED) is 0.265. The molecule has 0 aliphatic carbocycles. The smallest absolute Gasteiger partial charge is 0.327 e. The molecule has 3 aromatic rings. The van der Waals surface area contributed by atoms with Crippen molar-refractivity contribution in [1.29, 1.82) is 0 Å². The van der Waals surface area contributed by atoms with Gasteiger partial charge in [0.15, 0.2) is 0 Å². The van der Waals surface area contributed by atoms with Gasteiger partial charge in [-0.1, -0.05) is 65.8 Å². The highest BCUT2D eigenvalue weighted by Gasteiger charge is 2.28. The molecule has 8 heteroatoms. The molecule has 0 saturated carbocycles. The Morgan fingerprint density at radius 3 is 2.45 bits per heavy atom. The summed E-state index contributed by atoms with van der Waals surface area (Å²) in [6.07, 6.45) is 1.57. The van der Waals surface area contributed by atoms with Gasteiger partial charge in [0, 0.05) is 20.4 Å². The van der Waals surface area contributed by atoms with Crippen molar-refractivity contribution in [3.05, 3.63) is 88.9 Å². The van der Waals surface area contributed by atoms with Gasteiger partial charge in [-0.3, -0.25) is 4.57 Å². The second-order valence-electron chi connectivity index (χ2n) is 8.43. The van der Waals surface area contributed by atoms with E-state index in [1.807, 2.05) is 72.8 Å². The second-order valence-corrected chi connectivity index (χ2v) is 11.6. The minimum atomic E-state index is -4.14. The Kier molecular flexibility index (Phi) is 9.05. The summed E-state index contributed by atoms with van der Waals surface area (Å²) in [6, 6.07) is 24.0. The Bertz CT molecular complexity index is 1100. The summed E-state index contributed by atoms with van der Waals surface area (Å²) >= 11 is 8.12. The molecular formula is C25H29ClNO4PS. The van der Waals surface area contributed by atoms with Gasteiger partial charge in [-0.2, -0.15) is 0 Å². The topological polar surface area (TPSA) is 92.8 Å². The number of ether oxygens (including phenoxy) is 1. The molecule has 176 valence electrons. The highest BCUT2D eigenvalue weighted by atomic mass is 35.5. The minimum Gasteiger partial charge on any atom is -0.489 e. The van der Waals surface area contributed by atoms with Gasteiger partial charge in [0.1, 0.15) is 12.4 Å². The molecule has 1 unspecified atom stereocenters. The fraction of sp³-hybridized carbons (Fsp3) is 0.280. The van der Waals surface area contributed by atoms with Crippen molar-refractivity contribution in [2.45, 2.75) is 48.1 Å². The van der Waals surface area contributed by atoms with Crippen LogP contribution in [0.25, 0.3) is 0 Å². The Hall–Kier alpha value is -1.79. The van der Waals surface area contributed by atoms with E-state index in [1.54, 1.807) is 18.7 Å². The molecule has 0 aromatic heterocycles. The monoisotopic (exact) mass is 505 g/mol. The predicted octanol–water partition coefficient (Wildman–Crippen LogP) is 6.29. The Morgan fingerprint density at radius 2 is 1.76 bits per heavy atom. The highest BCUT2D eigenvalue weighted by Crippen LogP contribution is 2.39. The van der Waals surface area contributed by atoms with E-state index < -0.39 is 13.1 Å². The van der Waals surface area contributed by atoms with E-state index in [2.05, 4.69) is 0 Å². The molecule has 3 aromatic carbocycles. The van der Waals surface area contributed by atoms with Crippen molar-refractivity contribution < 1.29 is 19.1 Å². The zero-order valence-electron chi connectivity index (χ0n) is 18.5. The van der Waals surface area contributed by atoms with Gasteiger partial charge >= 0.3 is 7.60 Å². The number of halogens is 1. The van der Waals surface area contributed by atoms with Crippen LogP contribution in [0.15, 0.2) is 82.6 Å². The molecule has 4 N–H and O–H groups in total. The van der Waals surface area contributed by atoms with Crippen LogP contribution in [0.3, 0.4) is 0 Å². The standard InChI is InChI=1S/C25H29ClNO4PS/c1-25(27,18-32(28,29)30)14-6-9-20-12-13-23(16-24(20)26)33-22-11-5-10-21(15-22)31-17-19-7-3-2-4-8-19/h2-5,7-8,10-13,15-16H,6,9,14,17-18,27H2,1H3,(H2,28,29,30). The number of nitrogens with two attached hydrogens (primary N) is 1. The summed E-state index contributed by atoms with van der Waals surface area (Å²) in [5, 5.41) is 0.671. The fourth-order valence-corrected chi connectivity index (χ4v) is 5.88. The number of hydrogen-bond donors (Lipinski definition) is 3. The zero-order chi connectivity index (χ0) is 23.9. The first-order valence-corrected chi connectivity index (χ1v) is 13.7. The molecule has 1 atom stereocenters. The number of rotatable bonds is 11. The summed E-state index contributed by atoms with van der Waals surface area (Å²) in [7, 11) is -4.14. The van der Waals surface area contributed by atoms with Gasteiger partial charge < -0.3 is 20.3 Å². The molecule has 0 aliphatic heterocycles. The molecule has 0 heterocycles. The van der Waals surface area contributed by atoms with Gasteiger partial charge in [-0.05, 0) is 67.6 Å². The minimum absolute atomic E-state index is 0.322. The Morgan fingerprint density at radius 1 is 1.03 bits per heavy atom. The van der Waals surface area contributed by atoms with Crippen LogP contribution in [0.1, 0.15) is 30.9 Å². The van der Waals surface area contributed by atoms with Gasteiger partial charge in [-0.15, -0.1) is 0 Å². The first-order chi connectivity index (χ1) is 15.6. The van der Waals surface area contributed by atoms with Crippen LogP contribution < -0.4 is 10.5 Å². The molecule has 0 saturated heterocycles. The average molecular weight is 506 g/mol. The van der Waals surface area contributed by atoms with Crippen molar-refractivity contribution in [2.24, 2.45) is 5.73 Å². The van der Waals surface area contributed by atoms with E-state index in [9.17, 15) is 4.57 Å². The van der Waals surface area contributed by atoms with E-state index in [-0.39, 0.29) is 6.16 Å². The summed E-state index contributed by atoms with van der Waals surface area (Å²) in [6.45, 7) is 2.19. The first kappa shape index (κ1) is 25.8. The van der Waals surface area contributed by atoms with Gasteiger partial charge in [0.25, 0.3) is 0 Å². The van der Waals surface area contributed by atoms with E-state index in [0.717, 1.165) is 26.7 Å². The molecule has 0 aliphatic rings. The summed E-state index contributed by atoms with van der Waals surface area (Å²) in [4.78, 5) is 20.4. The molecular weight excluding hydrogens is 477 g/mol. The van der Waals surface area contributed by atoms with Crippen molar-refractivity contribution in [2.75, 3.05) is 6.16 Å². The molecule has 0 radical (unpaired) electrons. The van der Waals surface area contributed by atoms with Crippen molar-refractivity contribution >= 4 is 31.0 Å². The highest BCUT2D eigenvalue weighted by molar-refractivity contribution is 7.99. The molecule has 0 spiro atoms. The fourth-order valence-electron chi connectivity index (χ4n) is 3.53. The van der Waals surface area contributed by atoms with Crippen LogP contribution in [-0.2, 0) is 17.6 Å². The van der Waals surface area contributed by atoms with E-state index >= 15 is 0 Å². The van der Waals surface area contributed by atoms with Crippen LogP contribution in [0.5, 0.6) is 5.75 Å². The van der Waals surface area contributed by atoms with E-state index in [0.29, 0.717) is 30.9 Å². The van der Waals surface area contributed by atoms with Crippen LogP contribution in [0, 0.1) is 0 Å². The van der Waals surface area contributed by atoms with Crippen LogP contribution in [0.2, 0.25) is 5.02 Å². The third-order valence-corrected chi connectivity index (χ3v) is 7.54. The number of aryl methyl sites for hydroxylation is 1. The molecule has 0 bridgehead atoms. The lowest BCUT2D eigenvalue weighted by atomic mass is 9.96. The first-order valence-electron chi connectivity index (χ1n) is 10.7. The van der Waals surface area contributed by atoms with Crippen molar-refractivity contribution in [3.8, 4) is 5.75 Å². The van der Waals surface area contributed by atoms with Crippen LogP contribution >= 0.6 is 31.0 Å². The number of benzene rings is 3. The van der Waals surface area contributed by atoms with Crippen molar-refractivity contribution in [3.63, 3.8) is 0 Å². The van der Waals surface area contributed by atoms with Crippen LogP contribution in [-0.4, -0.2) is 21.5 Å². The maximum absolute atomic E-state index is 11.2. The molecule has 0 fully saturated rings. The lowest BCUT2D eigenvalue weighted by Gasteiger charge is -2.24. The Labute approximate surface area is 204 Å². The average Bonchev–Trinajstić information content (AvgIpc) is 2.73. The summed E-state index contributed by atoms with van der Waals surface area (Å²) < 4.78 is 17.1. The SMILES string of the molecule is CC(N)(CCCc1ccc(Sc2cccc(OCc3ccccc3)c2)cc1Cl)CP(=O)(O)O. The lowest BCUT2D eigenvalue weighted by Crippen LogP contribution is -2.40. The predicted molar refractivity (Wildman–Crippen MR) is 135 cm³/mol. The second kappa shape index (κ2) is 11.6. The molecule has 0 amide bonds. The van der Waals surface area contributed by atoms with Gasteiger partial charge in [0.05, 0.1) is 6.16 Å². The lowest BCUT2D eigenvalue weighted by molar-refractivity contribution is 0.305. The third kappa shape index (κ3) is 9.17. The molecule has 3 rings (SSSR count). The Balaban J connectivity index is 1.55. The maximum Gasteiger partial charge on any atom is 0.327 e. The summed E-state index contributed by atoms with van der Waals surface area (Å²) in [5.41, 5.74) is 7.25. The van der Waals surface area contributed by atoms with Gasteiger partial charge in [-0.25, -0.2) is 0 Å². The van der Waals surface area contributed by atoms with E-state index in [4.69, 9.17) is 31.9 Å². The summed E-state index contributed by atoms with van der Waals surface area (Å²) in [5.74, 6) is 0.812. The number of hydrogen-bond acceptors (Lipinski definition) is 4. The van der Waals surface area contributed by atoms with Gasteiger partial charge in [0.2, 0.25) is 0 Å².